The van der Waals surface area contributed by atoms with Crippen LogP contribution in [-0.4, -0.2) is 29.9 Å². The number of nitrogens with one attached hydrogen (secondary N) is 1. The molecule has 1 saturated heterocycles. The zero-order valence-electron chi connectivity index (χ0n) is 12.5. The minimum atomic E-state index is -0.256. The summed E-state index contributed by atoms with van der Waals surface area (Å²) in [6.07, 6.45) is 1.32. The molecule has 0 aromatic carbocycles. The van der Waals surface area contributed by atoms with Crippen LogP contribution >= 0.6 is 11.3 Å². The molecule has 0 saturated carbocycles. The minimum absolute atomic E-state index is 0.0337. The Bertz CT molecular complexity index is 479. The second-order valence-corrected chi connectivity index (χ2v) is 6.83. The number of primary amides is 1. The molecule has 0 bridgehead atoms. The van der Waals surface area contributed by atoms with E-state index in [1.54, 1.807) is 16.2 Å². The van der Waals surface area contributed by atoms with Crippen LogP contribution < -0.4 is 11.1 Å². The Balaban J connectivity index is 1.93. The van der Waals surface area contributed by atoms with Gasteiger partial charge >= 0.3 is 6.03 Å². The topological polar surface area (TPSA) is 75.4 Å². The van der Waals surface area contributed by atoms with Crippen molar-refractivity contribution in [2.24, 2.45) is 17.6 Å². The van der Waals surface area contributed by atoms with Crippen LogP contribution in [0.15, 0.2) is 17.5 Å². The maximum absolute atomic E-state index is 12.4. The highest BCUT2D eigenvalue weighted by Crippen LogP contribution is 2.26. The van der Waals surface area contributed by atoms with Gasteiger partial charge in [0.25, 0.3) is 0 Å². The first kappa shape index (κ1) is 15.8. The molecule has 1 fully saturated rings. The van der Waals surface area contributed by atoms with Gasteiger partial charge in [-0.3, -0.25) is 4.79 Å². The molecule has 3 N–H and O–H groups in total. The van der Waals surface area contributed by atoms with E-state index in [0.29, 0.717) is 31.8 Å². The third-order valence-corrected chi connectivity index (χ3v) is 4.94. The van der Waals surface area contributed by atoms with Crippen LogP contribution in [0.3, 0.4) is 0 Å². The Morgan fingerprint density at radius 3 is 2.52 bits per heavy atom. The lowest BCUT2D eigenvalue weighted by molar-refractivity contribution is -0.123. The quantitative estimate of drug-likeness (QED) is 0.896. The number of rotatable bonds is 4. The Morgan fingerprint density at radius 1 is 1.38 bits per heavy atom. The largest absolute Gasteiger partial charge is 0.369 e. The van der Waals surface area contributed by atoms with Gasteiger partial charge in [-0.05, 0) is 30.2 Å². The van der Waals surface area contributed by atoms with Gasteiger partial charge in [0, 0.05) is 23.9 Å². The molecule has 1 aliphatic rings. The molecular weight excluding hydrogens is 286 g/mol. The fourth-order valence-corrected chi connectivity index (χ4v) is 3.58. The number of carbonyl (C=O) groups excluding carboxylic acids is 2. The average molecular weight is 309 g/mol. The summed E-state index contributed by atoms with van der Waals surface area (Å²) in [6.45, 7) is 5.39. The first-order valence-electron chi connectivity index (χ1n) is 7.37. The number of nitrogens with zero attached hydrogens (tertiary/aromatic N) is 1. The number of nitrogens with two attached hydrogens (primary N) is 1. The standard InChI is InChI=1S/C15H23N3O2S/c1-10(2)13(12-4-3-9-21-12)17-15(20)18-7-5-11(6-8-18)14(16)19/h3-4,9-11,13H,5-8H2,1-2H3,(H2,16,19)(H,17,20). The zero-order chi connectivity index (χ0) is 15.4. The van der Waals surface area contributed by atoms with Crippen molar-refractivity contribution in [3.63, 3.8) is 0 Å². The van der Waals surface area contributed by atoms with Crippen LogP contribution in [0, 0.1) is 11.8 Å². The zero-order valence-corrected chi connectivity index (χ0v) is 13.4. The molecule has 1 aromatic rings. The van der Waals surface area contributed by atoms with Crippen molar-refractivity contribution in [1.82, 2.24) is 10.2 Å². The third kappa shape index (κ3) is 3.97. The summed E-state index contributed by atoms with van der Waals surface area (Å²) in [5, 5.41) is 5.14. The molecule has 0 spiro atoms. The van der Waals surface area contributed by atoms with Gasteiger partial charge in [0.05, 0.1) is 6.04 Å². The maximum Gasteiger partial charge on any atom is 0.317 e. The molecule has 2 heterocycles. The molecule has 0 radical (unpaired) electrons. The lowest BCUT2D eigenvalue weighted by atomic mass is 9.96. The van der Waals surface area contributed by atoms with E-state index in [0.717, 1.165) is 0 Å². The molecule has 21 heavy (non-hydrogen) atoms. The van der Waals surface area contributed by atoms with Crippen LogP contribution in [0.1, 0.15) is 37.6 Å². The van der Waals surface area contributed by atoms with E-state index in [4.69, 9.17) is 5.73 Å². The van der Waals surface area contributed by atoms with Crippen molar-refractivity contribution >= 4 is 23.3 Å². The normalized spacial score (nSPS) is 17.8. The van der Waals surface area contributed by atoms with Crippen LogP contribution in [0.4, 0.5) is 4.79 Å². The van der Waals surface area contributed by atoms with Crippen molar-refractivity contribution < 1.29 is 9.59 Å². The van der Waals surface area contributed by atoms with Crippen LogP contribution in [0.5, 0.6) is 0 Å². The van der Waals surface area contributed by atoms with Gasteiger partial charge in [0.1, 0.15) is 0 Å². The lowest BCUT2D eigenvalue weighted by Crippen LogP contribution is -2.47. The number of amides is 3. The number of carbonyl (C=O) groups is 2. The van der Waals surface area contributed by atoms with Crippen molar-refractivity contribution in [2.75, 3.05) is 13.1 Å². The van der Waals surface area contributed by atoms with E-state index < -0.39 is 0 Å². The first-order valence-corrected chi connectivity index (χ1v) is 8.25. The van der Waals surface area contributed by atoms with Crippen molar-refractivity contribution in [1.29, 1.82) is 0 Å². The first-order chi connectivity index (χ1) is 9.99. The molecule has 1 aliphatic heterocycles. The summed E-state index contributed by atoms with van der Waals surface area (Å²) in [7, 11) is 0. The second-order valence-electron chi connectivity index (χ2n) is 5.85. The summed E-state index contributed by atoms with van der Waals surface area (Å²) in [5.41, 5.74) is 5.32. The molecule has 1 aromatic heterocycles. The van der Waals surface area contributed by atoms with Gasteiger partial charge in [0.15, 0.2) is 0 Å². The van der Waals surface area contributed by atoms with Gasteiger partial charge in [0.2, 0.25) is 5.91 Å². The third-order valence-electron chi connectivity index (χ3n) is 3.98. The van der Waals surface area contributed by atoms with Gasteiger partial charge in [-0.15, -0.1) is 11.3 Å². The molecule has 6 heteroatoms. The second kappa shape index (κ2) is 6.93. The van der Waals surface area contributed by atoms with Crippen LogP contribution in [0.25, 0.3) is 0 Å². The smallest absolute Gasteiger partial charge is 0.317 e. The van der Waals surface area contributed by atoms with E-state index in [2.05, 4.69) is 25.2 Å². The minimum Gasteiger partial charge on any atom is -0.369 e. The SMILES string of the molecule is CC(C)C(NC(=O)N1CCC(C(N)=O)CC1)c1cccs1. The molecule has 0 aliphatic carbocycles. The Labute approximate surface area is 129 Å². The number of hydrogen-bond acceptors (Lipinski definition) is 3. The summed E-state index contributed by atoms with van der Waals surface area (Å²) < 4.78 is 0. The van der Waals surface area contributed by atoms with Crippen LogP contribution in [-0.2, 0) is 4.79 Å². The molecule has 116 valence electrons. The van der Waals surface area contributed by atoms with Crippen molar-refractivity contribution in [3.8, 4) is 0 Å². The molecule has 5 nitrogen and oxygen atoms in total. The summed E-state index contributed by atoms with van der Waals surface area (Å²) >= 11 is 1.66. The Morgan fingerprint density at radius 2 is 2.05 bits per heavy atom. The van der Waals surface area contributed by atoms with Crippen molar-refractivity contribution in [3.05, 3.63) is 22.4 Å². The van der Waals surface area contributed by atoms with Crippen LogP contribution in [0.2, 0.25) is 0 Å². The number of hydrogen-bond donors (Lipinski definition) is 2. The van der Waals surface area contributed by atoms with Crippen molar-refractivity contribution in [2.45, 2.75) is 32.7 Å². The predicted octanol–water partition coefficient (Wildman–Crippen LogP) is 2.35. The van der Waals surface area contributed by atoms with Gasteiger partial charge in [-0.2, -0.15) is 0 Å². The fraction of sp³-hybridized carbons (Fsp3) is 0.600. The monoisotopic (exact) mass is 309 g/mol. The Kier molecular flexibility index (Phi) is 5.22. The van der Waals surface area contributed by atoms with Gasteiger partial charge in [-0.1, -0.05) is 19.9 Å². The Hall–Kier alpha value is -1.56. The molecular formula is C15H23N3O2S. The van der Waals surface area contributed by atoms with E-state index in [1.807, 2.05) is 11.4 Å². The summed E-state index contributed by atoms with van der Waals surface area (Å²) in [5.74, 6) is -0.0169. The number of thiophene rings is 1. The van der Waals surface area contributed by atoms with Gasteiger partial charge < -0.3 is 16.0 Å². The summed E-state index contributed by atoms with van der Waals surface area (Å²) in [4.78, 5) is 26.5. The van der Waals surface area contributed by atoms with Gasteiger partial charge in [-0.25, -0.2) is 4.79 Å². The number of piperidine rings is 1. The maximum atomic E-state index is 12.4. The number of urea groups is 1. The highest BCUT2D eigenvalue weighted by Gasteiger charge is 2.28. The molecule has 2 rings (SSSR count). The number of likely N-dealkylation sites (tertiary alicyclic amines) is 1. The predicted molar refractivity (Wildman–Crippen MR) is 83.9 cm³/mol. The average Bonchev–Trinajstić information content (AvgIpc) is 2.98. The van der Waals surface area contributed by atoms with E-state index in [-0.39, 0.29) is 23.9 Å². The summed E-state index contributed by atoms with van der Waals surface area (Å²) in [6, 6.07) is 4.03. The fourth-order valence-electron chi connectivity index (χ4n) is 2.63. The highest BCUT2D eigenvalue weighted by atomic mass is 32.1. The van der Waals surface area contributed by atoms with E-state index in [1.165, 1.54) is 4.88 Å². The van der Waals surface area contributed by atoms with E-state index >= 15 is 0 Å². The molecule has 3 amide bonds. The van der Waals surface area contributed by atoms with E-state index in [9.17, 15) is 9.59 Å². The molecule has 1 atom stereocenters. The molecule has 1 unspecified atom stereocenters. The lowest BCUT2D eigenvalue weighted by Gasteiger charge is -2.32. The highest BCUT2D eigenvalue weighted by molar-refractivity contribution is 7.10.